The average Bonchev–Trinajstić information content (AvgIpc) is 3.67. The van der Waals surface area contributed by atoms with Gasteiger partial charge in [0.2, 0.25) is 0 Å². The SMILES string of the molecule is c1ccc(-c2nc(-c3cccc4c3oc3ccccc34)nc(-c3cccc4c3oc3cccc(-c5ccccc5)c34)n2)cc1. The number of fused-ring (bicyclic) bond motifs is 6. The van der Waals surface area contributed by atoms with E-state index in [4.69, 9.17) is 23.8 Å². The maximum Gasteiger partial charge on any atom is 0.167 e. The van der Waals surface area contributed by atoms with E-state index < -0.39 is 0 Å². The number of rotatable bonds is 4. The molecule has 5 heteroatoms. The first-order chi connectivity index (χ1) is 21.8. The van der Waals surface area contributed by atoms with E-state index in [-0.39, 0.29) is 0 Å². The van der Waals surface area contributed by atoms with Gasteiger partial charge in [-0.25, -0.2) is 15.0 Å². The van der Waals surface area contributed by atoms with Crippen molar-refractivity contribution >= 4 is 43.9 Å². The van der Waals surface area contributed by atoms with E-state index in [0.29, 0.717) is 17.5 Å². The fraction of sp³-hybridized carbons (Fsp3) is 0. The minimum absolute atomic E-state index is 0.535. The summed E-state index contributed by atoms with van der Waals surface area (Å²) in [5.41, 5.74) is 7.90. The molecule has 44 heavy (non-hydrogen) atoms. The molecule has 9 rings (SSSR count). The van der Waals surface area contributed by atoms with E-state index in [1.54, 1.807) is 0 Å². The van der Waals surface area contributed by atoms with Gasteiger partial charge in [0.1, 0.15) is 22.3 Å². The van der Waals surface area contributed by atoms with Gasteiger partial charge in [-0.3, -0.25) is 0 Å². The summed E-state index contributed by atoms with van der Waals surface area (Å²) in [6.45, 7) is 0. The minimum Gasteiger partial charge on any atom is -0.455 e. The second-order valence-corrected chi connectivity index (χ2v) is 10.8. The lowest BCUT2D eigenvalue weighted by Gasteiger charge is -2.09. The van der Waals surface area contributed by atoms with Crippen LogP contribution in [-0.4, -0.2) is 15.0 Å². The fourth-order valence-electron chi connectivity index (χ4n) is 6.14. The van der Waals surface area contributed by atoms with Gasteiger partial charge < -0.3 is 8.83 Å². The zero-order valence-electron chi connectivity index (χ0n) is 23.4. The van der Waals surface area contributed by atoms with Gasteiger partial charge in [-0.2, -0.15) is 0 Å². The Hall–Kier alpha value is -6.07. The molecule has 0 spiro atoms. The van der Waals surface area contributed by atoms with Crippen molar-refractivity contribution in [1.29, 1.82) is 0 Å². The smallest absolute Gasteiger partial charge is 0.167 e. The molecule has 0 aliphatic rings. The molecule has 0 fully saturated rings. The highest BCUT2D eigenvalue weighted by Crippen LogP contribution is 2.41. The van der Waals surface area contributed by atoms with Crippen LogP contribution in [0.1, 0.15) is 0 Å². The van der Waals surface area contributed by atoms with Gasteiger partial charge in [0.05, 0.1) is 11.1 Å². The van der Waals surface area contributed by atoms with Crippen molar-refractivity contribution in [2.45, 2.75) is 0 Å². The maximum atomic E-state index is 6.58. The quantitative estimate of drug-likeness (QED) is 0.212. The first kappa shape index (κ1) is 24.5. The highest BCUT2D eigenvalue weighted by molar-refractivity contribution is 6.15. The predicted octanol–water partition coefficient (Wildman–Crippen LogP) is 10.3. The van der Waals surface area contributed by atoms with Crippen LogP contribution in [-0.2, 0) is 0 Å². The molecule has 3 aromatic heterocycles. The van der Waals surface area contributed by atoms with E-state index >= 15 is 0 Å². The molecule has 0 N–H and O–H groups in total. The van der Waals surface area contributed by atoms with Crippen molar-refractivity contribution in [3.63, 3.8) is 0 Å². The highest BCUT2D eigenvalue weighted by Gasteiger charge is 2.21. The summed E-state index contributed by atoms with van der Waals surface area (Å²) < 4.78 is 13.0. The van der Waals surface area contributed by atoms with Crippen LogP contribution in [0.3, 0.4) is 0 Å². The number of benzene rings is 6. The van der Waals surface area contributed by atoms with Crippen molar-refractivity contribution in [2.75, 3.05) is 0 Å². The molecule has 0 aliphatic carbocycles. The number of hydrogen-bond donors (Lipinski definition) is 0. The van der Waals surface area contributed by atoms with E-state index in [2.05, 4.69) is 48.5 Å². The van der Waals surface area contributed by atoms with Gasteiger partial charge in [-0.05, 0) is 35.4 Å². The molecule has 0 aliphatic heterocycles. The Morgan fingerprint density at radius 1 is 0.341 bits per heavy atom. The Kier molecular flexibility index (Phi) is 5.43. The maximum absolute atomic E-state index is 6.58. The van der Waals surface area contributed by atoms with Crippen molar-refractivity contribution < 1.29 is 8.83 Å². The predicted molar refractivity (Wildman–Crippen MR) is 176 cm³/mol. The monoisotopic (exact) mass is 565 g/mol. The zero-order chi connectivity index (χ0) is 29.0. The molecule has 0 bridgehead atoms. The van der Waals surface area contributed by atoms with Crippen molar-refractivity contribution in [1.82, 2.24) is 15.0 Å². The Morgan fingerprint density at radius 2 is 0.841 bits per heavy atom. The number of para-hydroxylation sites is 3. The third kappa shape index (κ3) is 3.83. The summed E-state index contributed by atoms with van der Waals surface area (Å²) >= 11 is 0. The van der Waals surface area contributed by atoms with Crippen LogP contribution in [0.15, 0.2) is 148 Å². The van der Waals surface area contributed by atoms with Gasteiger partial charge in [-0.1, -0.05) is 115 Å². The summed E-state index contributed by atoms with van der Waals surface area (Å²) in [7, 11) is 0. The van der Waals surface area contributed by atoms with E-state index in [1.807, 2.05) is 91.0 Å². The molecule has 9 aromatic rings. The lowest BCUT2D eigenvalue weighted by Crippen LogP contribution is -2.00. The molecule has 5 nitrogen and oxygen atoms in total. The molecule has 0 saturated heterocycles. The van der Waals surface area contributed by atoms with E-state index in [0.717, 1.165) is 71.7 Å². The normalized spacial score (nSPS) is 11.6. The lowest BCUT2D eigenvalue weighted by atomic mass is 9.99. The largest absolute Gasteiger partial charge is 0.455 e. The van der Waals surface area contributed by atoms with Crippen LogP contribution in [0.5, 0.6) is 0 Å². The molecule has 6 aromatic carbocycles. The van der Waals surface area contributed by atoms with Crippen molar-refractivity contribution in [3.8, 4) is 45.3 Å². The second-order valence-electron chi connectivity index (χ2n) is 10.8. The summed E-state index contributed by atoms with van der Waals surface area (Å²) in [5, 5.41) is 4.16. The van der Waals surface area contributed by atoms with Crippen LogP contribution >= 0.6 is 0 Å². The Balaban J connectivity index is 1.31. The molecule has 0 radical (unpaired) electrons. The van der Waals surface area contributed by atoms with Crippen LogP contribution < -0.4 is 0 Å². The Labute approximate surface area is 252 Å². The van der Waals surface area contributed by atoms with Crippen molar-refractivity contribution in [3.05, 3.63) is 140 Å². The number of aromatic nitrogens is 3. The molecule has 0 atom stereocenters. The van der Waals surface area contributed by atoms with E-state index in [9.17, 15) is 0 Å². The fourth-order valence-corrected chi connectivity index (χ4v) is 6.14. The summed E-state index contributed by atoms with van der Waals surface area (Å²) in [6, 6.07) is 46.9. The van der Waals surface area contributed by atoms with Crippen LogP contribution in [0, 0.1) is 0 Å². The number of furan rings is 2. The van der Waals surface area contributed by atoms with Gasteiger partial charge in [0.15, 0.2) is 17.5 Å². The average molecular weight is 566 g/mol. The Bertz CT molecular complexity index is 2500. The van der Waals surface area contributed by atoms with Crippen LogP contribution in [0.2, 0.25) is 0 Å². The van der Waals surface area contributed by atoms with Gasteiger partial charge in [-0.15, -0.1) is 0 Å². The molecule has 0 saturated carbocycles. The summed E-state index contributed by atoms with van der Waals surface area (Å²) in [4.78, 5) is 15.1. The Morgan fingerprint density at radius 3 is 1.59 bits per heavy atom. The molecule has 0 unspecified atom stereocenters. The lowest BCUT2D eigenvalue weighted by molar-refractivity contribution is 0.669. The summed E-state index contributed by atoms with van der Waals surface area (Å²) in [6.07, 6.45) is 0. The van der Waals surface area contributed by atoms with Crippen LogP contribution in [0.4, 0.5) is 0 Å². The topological polar surface area (TPSA) is 65.0 Å². The highest BCUT2D eigenvalue weighted by atomic mass is 16.3. The van der Waals surface area contributed by atoms with Gasteiger partial charge in [0.25, 0.3) is 0 Å². The van der Waals surface area contributed by atoms with Crippen LogP contribution in [0.25, 0.3) is 89.2 Å². The first-order valence-corrected chi connectivity index (χ1v) is 14.5. The number of hydrogen-bond acceptors (Lipinski definition) is 5. The molecule has 206 valence electrons. The van der Waals surface area contributed by atoms with E-state index in [1.165, 1.54) is 0 Å². The van der Waals surface area contributed by atoms with Gasteiger partial charge >= 0.3 is 0 Å². The first-order valence-electron chi connectivity index (χ1n) is 14.5. The van der Waals surface area contributed by atoms with Gasteiger partial charge in [0, 0.05) is 27.1 Å². The molecule has 0 amide bonds. The minimum atomic E-state index is 0.535. The van der Waals surface area contributed by atoms with Crippen molar-refractivity contribution in [2.24, 2.45) is 0 Å². The molecular formula is C39H23N3O2. The number of nitrogens with zero attached hydrogens (tertiary/aromatic N) is 3. The zero-order valence-corrected chi connectivity index (χ0v) is 23.4. The third-order valence-corrected chi connectivity index (χ3v) is 8.16. The molecular weight excluding hydrogens is 542 g/mol. The standard InChI is InChI=1S/C39H23N3O2/c1-3-12-24(13-4-1)26-17-11-23-33-34(26)29-19-10-21-31(36(29)44-33)39-41-37(25-14-5-2-6-15-25)40-38(42-39)30-20-9-18-28-27-16-7-8-22-32(27)43-35(28)30/h1-23H. The second kappa shape index (κ2) is 9.75. The summed E-state index contributed by atoms with van der Waals surface area (Å²) in [5.74, 6) is 1.65. The molecule has 3 heterocycles. The third-order valence-electron chi connectivity index (χ3n) is 8.16.